The van der Waals surface area contributed by atoms with Crippen molar-refractivity contribution >= 4 is 59.1 Å². The molecule has 0 spiro atoms. The lowest BCUT2D eigenvalue weighted by molar-refractivity contribution is -0.894. The molecule has 60 heavy (non-hydrogen) atoms. The molecule has 3 aromatic carbocycles. The first kappa shape index (κ1) is 48.2. The van der Waals surface area contributed by atoms with E-state index < -0.39 is 52.0 Å². The van der Waals surface area contributed by atoms with E-state index >= 15 is 0 Å². The molecule has 326 valence electrons. The molecule has 0 saturated heterocycles. The van der Waals surface area contributed by atoms with E-state index in [4.69, 9.17) is 5.11 Å². The molecule has 3 aromatic rings. The molecule has 0 saturated carbocycles. The molecule has 0 atom stereocenters. The van der Waals surface area contributed by atoms with Gasteiger partial charge in [0, 0.05) is 47.3 Å². The quantitative estimate of drug-likeness (QED) is 0.0551. The van der Waals surface area contributed by atoms with E-state index in [-0.39, 0.29) is 16.2 Å². The van der Waals surface area contributed by atoms with Crippen molar-refractivity contribution in [3.8, 4) is 0 Å². The largest absolute Gasteiger partial charge is 0.744 e. The Morgan fingerprint density at radius 2 is 1.35 bits per heavy atom. The Bertz CT molecular complexity index is 2550. The van der Waals surface area contributed by atoms with E-state index in [1.807, 2.05) is 33.8 Å². The van der Waals surface area contributed by atoms with E-state index in [0.717, 1.165) is 11.4 Å². The average Bonchev–Trinajstić information content (AvgIpc) is 3.52. The van der Waals surface area contributed by atoms with Gasteiger partial charge >= 0.3 is 5.97 Å². The van der Waals surface area contributed by atoms with Crippen LogP contribution in [0.25, 0.3) is 0 Å². The summed E-state index contributed by atoms with van der Waals surface area (Å²) in [7, 11) is -13.8. The van der Waals surface area contributed by atoms with Crippen LogP contribution in [0.15, 0.2) is 111 Å². The minimum atomic E-state index is -4.78. The van der Waals surface area contributed by atoms with E-state index in [1.165, 1.54) is 68.2 Å². The molecule has 0 amide bonds. The summed E-state index contributed by atoms with van der Waals surface area (Å²) in [4.78, 5) is 13.4. The SMILES string of the molecule is CC1(C)C(/C=C/C=C/C=C2/N(c3cccc(S(=O)(=O)O)c3)c3ccc(S(=O)(=O)[O-])cc3C2(C)C)=[N+](CCCCCC(=O)O)c2ccc(S(=O)(=O)O)cc21.CC[NH+](CC)CC. The number of fused-ring (bicyclic) bond motifs is 2. The highest BCUT2D eigenvalue weighted by molar-refractivity contribution is 7.86. The number of carbonyl (C=O) groups is 1. The van der Waals surface area contributed by atoms with Gasteiger partial charge in [-0.1, -0.05) is 38.1 Å². The number of allylic oxidation sites excluding steroid dienone is 6. The molecule has 17 heteroatoms. The van der Waals surface area contributed by atoms with Crippen LogP contribution in [0, 0.1) is 0 Å². The van der Waals surface area contributed by atoms with Crippen LogP contribution in [-0.2, 0) is 46.0 Å². The fourth-order valence-corrected chi connectivity index (χ4v) is 9.17. The number of nitrogens with zero attached hydrogens (tertiary/aromatic N) is 2. The molecular weight excluding hydrogens is 831 g/mol. The van der Waals surface area contributed by atoms with Crippen molar-refractivity contribution < 1.29 is 58.3 Å². The van der Waals surface area contributed by atoms with Crippen LogP contribution in [0.1, 0.15) is 85.3 Å². The van der Waals surface area contributed by atoms with Gasteiger partial charge in [-0.3, -0.25) is 13.9 Å². The number of aliphatic carboxylic acids is 1. The lowest BCUT2D eigenvalue weighted by Gasteiger charge is -2.27. The number of carboxylic acid groups (broad SMARTS) is 1. The van der Waals surface area contributed by atoms with Gasteiger partial charge < -0.3 is 19.5 Å². The van der Waals surface area contributed by atoms with Gasteiger partial charge in [-0.15, -0.1) is 0 Å². The highest BCUT2D eigenvalue weighted by atomic mass is 32.2. The van der Waals surface area contributed by atoms with E-state index in [1.54, 1.807) is 46.2 Å². The average molecular weight is 887 g/mol. The minimum Gasteiger partial charge on any atom is -0.744 e. The molecule has 2 aliphatic heterocycles. The van der Waals surface area contributed by atoms with Gasteiger partial charge in [0.1, 0.15) is 16.7 Å². The smallest absolute Gasteiger partial charge is 0.303 e. The molecule has 0 radical (unpaired) electrons. The Balaban J connectivity index is 0.00000104. The van der Waals surface area contributed by atoms with Crippen LogP contribution in [0.5, 0.6) is 0 Å². The van der Waals surface area contributed by atoms with Crippen LogP contribution < -0.4 is 9.80 Å². The number of hydrogen-bond acceptors (Lipinski definition) is 9. The second-order valence-electron chi connectivity index (χ2n) is 15.7. The molecular formula is C43H56N3O11S3+. The molecule has 0 aromatic heterocycles. The van der Waals surface area contributed by atoms with Gasteiger partial charge in [0.15, 0.2) is 5.71 Å². The molecule has 0 unspecified atom stereocenters. The van der Waals surface area contributed by atoms with Crippen molar-refractivity contribution in [2.75, 3.05) is 31.1 Å². The molecule has 0 aliphatic carbocycles. The molecule has 0 bridgehead atoms. The van der Waals surface area contributed by atoms with Gasteiger partial charge in [-0.25, -0.2) is 8.42 Å². The maximum absolute atomic E-state index is 12.0. The number of benzene rings is 3. The summed E-state index contributed by atoms with van der Waals surface area (Å²) in [6.45, 7) is 18.5. The van der Waals surface area contributed by atoms with Crippen LogP contribution in [-0.4, -0.2) is 86.5 Å². The van der Waals surface area contributed by atoms with Gasteiger partial charge in [-0.2, -0.15) is 21.4 Å². The summed E-state index contributed by atoms with van der Waals surface area (Å²) < 4.78 is 105. The van der Waals surface area contributed by atoms with Crippen LogP contribution in [0.4, 0.5) is 17.1 Å². The third kappa shape index (κ3) is 11.1. The number of hydrogen-bond donors (Lipinski definition) is 4. The zero-order valence-electron chi connectivity index (χ0n) is 35.0. The molecule has 14 nitrogen and oxygen atoms in total. The molecule has 0 fully saturated rings. The predicted molar refractivity (Wildman–Crippen MR) is 230 cm³/mol. The second kappa shape index (κ2) is 19.1. The fraction of sp³-hybridized carbons (Fsp3) is 0.395. The van der Waals surface area contributed by atoms with Crippen molar-refractivity contribution in [2.45, 2.75) is 99.7 Å². The highest BCUT2D eigenvalue weighted by Gasteiger charge is 2.45. The normalized spacial score (nSPS) is 16.8. The van der Waals surface area contributed by atoms with Crippen molar-refractivity contribution in [2.24, 2.45) is 0 Å². The van der Waals surface area contributed by atoms with Gasteiger partial charge in [0.05, 0.1) is 45.4 Å². The maximum Gasteiger partial charge on any atom is 0.303 e. The van der Waals surface area contributed by atoms with E-state index in [9.17, 15) is 43.7 Å². The molecule has 2 heterocycles. The first-order valence-corrected chi connectivity index (χ1v) is 24.0. The van der Waals surface area contributed by atoms with Gasteiger partial charge in [-0.05, 0) is 108 Å². The van der Waals surface area contributed by atoms with E-state index in [0.29, 0.717) is 54.0 Å². The maximum atomic E-state index is 12.0. The third-order valence-corrected chi connectivity index (χ3v) is 13.6. The third-order valence-electron chi connectivity index (χ3n) is 11.1. The van der Waals surface area contributed by atoms with Crippen molar-refractivity contribution in [1.82, 2.24) is 0 Å². The Kier molecular flexibility index (Phi) is 15.3. The Labute approximate surface area is 354 Å². The summed E-state index contributed by atoms with van der Waals surface area (Å²) in [6, 6.07) is 14.0. The molecule has 2 aliphatic rings. The lowest BCUT2D eigenvalue weighted by Crippen LogP contribution is -3.11. The number of nitrogens with one attached hydrogen (secondary N) is 1. The minimum absolute atomic E-state index is 0.0563. The Morgan fingerprint density at radius 3 is 1.92 bits per heavy atom. The Hall–Kier alpha value is -4.49. The monoisotopic (exact) mass is 886 g/mol. The first-order valence-electron chi connectivity index (χ1n) is 19.7. The van der Waals surface area contributed by atoms with Crippen molar-refractivity contribution in [1.29, 1.82) is 0 Å². The van der Waals surface area contributed by atoms with Crippen LogP contribution in [0.2, 0.25) is 0 Å². The van der Waals surface area contributed by atoms with Crippen molar-refractivity contribution in [3.63, 3.8) is 0 Å². The zero-order chi connectivity index (χ0) is 44.8. The summed E-state index contributed by atoms with van der Waals surface area (Å²) >= 11 is 0. The fourth-order valence-electron chi connectivity index (χ4n) is 7.64. The molecule has 4 N–H and O–H groups in total. The van der Waals surface area contributed by atoms with Crippen LogP contribution >= 0.6 is 0 Å². The number of carboxylic acids is 1. The first-order chi connectivity index (χ1) is 27.9. The van der Waals surface area contributed by atoms with Gasteiger partial charge in [0.2, 0.25) is 5.69 Å². The Morgan fingerprint density at radius 1 is 0.750 bits per heavy atom. The standard InChI is InChI=1S/C37H40N2O11S3.C6H15N/c1-36(2)29-23-27(52(45,46)47)17-19-31(29)38(21-10-6-9-16-35(40)41)33(36)14-7-5-8-15-34-37(3,4)30-24-28(53(48,49)50)18-20-32(30)39(34)25-12-11-13-26(22-25)51(42,43)44;1-4-7(5-2)6-3/h5,7-8,11-15,17-20,22-24H,6,9-10,16,21H2,1-4H3,(H3-,40,41,42,43,44,45,46,47,48,49,50);4-6H2,1-3H3/p+1. The van der Waals surface area contributed by atoms with Crippen molar-refractivity contribution in [3.05, 3.63) is 108 Å². The zero-order valence-corrected chi connectivity index (χ0v) is 37.5. The molecule has 5 rings (SSSR count). The summed E-state index contributed by atoms with van der Waals surface area (Å²) in [5.74, 6) is -0.868. The summed E-state index contributed by atoms with van der Waals surface area (Å²) in [5, 5.41) is 9.02. The number of quaternary nitrogens is 1. The van der Waals surface area contributed by atoms with Gasteiger partial charge in [0.25, 0.3) is 20.2 Å². The topological polar surface area (TPSA) is 214 Å². The lowest BCUT2D eigenvalue weighted by atomic mass is 9.81. The number of unbranched alkanes of at least 4 members (excludes halogenated alkanes) is 2. The van der Waals surface area contributed by atoms with E-state index in [2.05, 4.69) is 25.3 Å². The second-order valence-corrected chi connectivity index (χ2v) is 19.9. The summed E-state index contributed by atoms with van der Waals surface area (Å²) in [6.07, 6.45) is 10.8. The predicted octanol–water partition coefficient (Wildman–Crippen LogP) is 6.16. The number of anilines is 2. The highest BCUT2D eigenvalue weighted by Crippen LogP contribution is 2.52. The summed E-state index contributed by atoms with van der Waals surface area (Å²) in [5.41, 5.74) is 2.69. The van der Waals surface area contributed by atoms with Crippen LogP contribution in [0.3, 0.4) is 0 Å². The number of rotatable bonds is 16.